The number of nitrogens with two attached hydrogens (primary N) is 1. The average molecular weight is 268 g/mol. The fourth-order valence-corrected chi connectivity index (χ4v) is 3.38. The van der Waals surface area contributed by atoms with Crippen LogP contribution in [0.25, 0.3) is 0 Å². The van der Waals surface area contributed by atoms with Crippen LogP contribution in [-0.2, 0) is 4.79 Å². The molecule has 0 aromatic heterocycles. The van der Waals surface area contributed by atoms with E-state index in [-0.39, 0.29) is 17.4 Å². The Morgan fingerprint density at radius 3 is 2.32 bits per heavy atom. The molecule has 1 aliphatic carbocycles. The van der Waals surface area contributed by atoms with Crippen molar-refractivity contribution >= 4 is 5.91 Å². The monoisotopic (exact) mass is 268 g/mol. The highest BCUT2D eigenvalue weighted by Crippen LogP contribution is 2.29. The van der Waals surface area contributed by atoms with E-state index in [1.807, 2.05) is 13.8 Å². The summed E-state index contributed by atoms with van der Waals surface area (Å²) in [6, 6.07) is 0.166. The zero-order chi connectivity index (χ0) is 14.5. The Morgan fingerprint density at radius 1 is 1.26 bits per heavy atom. The molecule has 0 aromatic carbocycles. The lowest BCUT2D eigenvalue weighted by molar-refractivity contribution is -0.131. The van der Waals surface area contributed by atoms with Gasteiger partial charge in [0.2, 0.25) is 5.91 Å². The molecule has 112 valence electrons. The van der Waals surface area contributed by atoms with Crippen LogP contribution in [-0.4, -0.2) is 18.5 Å². The minimum absolute atomic E-state index is 0.166. The lowest BCUT2D eigenvalue weighted by Gasteiger charge is -2.33. The summed E-state index contributed by atoms with van der Waals surface area (Å²) in [5, 5.41) is 3.22. The third-order valence-electron chi connectivity index (χ3n) is 4.32. The van der Waals surface area contributed by atoms with Crippen molar-refractivity contribution in [2.24, 2.45) is 23.0 Å². The zero-order valence-electron chi connectivity index (χ0n) is 13.2. The van der Waals surface area contributed by atoms with E-state index in [0.717, 1.165) is 6.42 Å². The van der Waals surface area contributed by atoms with E-state index in [9.17, 15) is 4.79 Å². The molecular weight excluding hydrogens is 236 g/mol. The van der Waals surface area contributed by atoms with Crippen LogP contribution < -0.4 is 11.1 Å². The quantitative estimate of drug-likeness (QED) is 0.778. The number of carbonyl (C=O) groups is 1. The van der Waals surface area contributed by atoms with Crippen molar-refractivity contribution in [3.05, 3.63) is 0 Å². The normalized spacial score (nSPS) is 19.5. The van der Waals surface area contributed by atoms with Gasteiger partial charge in [0.05, 0.1) is 0 Å². The van der Waals surface area contributed by atoms with Gasteiger partial charge in [-0.1, -0.05) is 47.0 Å². The first-order valence-electron chi connectivity index (χ1n) is 7.88. The van der Waals surface area contributed by atoms with Crippen molar-refractivity contribution in [2.75, 3.05) is 6.54 Å². The highest BCUT2D eigenvalue weighted by molar-refractivity contribution is 5.82. The number of amides is 1. The van der Waals surface area contributed by atoms with Gasteiger partial charge in [0.15, 0.2) is 0 Å². The van der Waals surface area contributed by atoms with Crippen LogP contribution in [0.15, 0.2) is 0 Å². The minimum atomic E-state index is -0.295. The summed E-state index contributed by atoms with van der Waals surface area (Å²) < 4.78 is 0. The topological polar surface area (TPSA) is 55.1 Å². The van der Waals surface area contributed by atoms with E-state index in [1.54, 1.807) is 0 Å². The van der Waals surface area contributed by atoms with Gasteiger partial charge in [0, 0.05) is 18.0 Å². The summed E-state index contributed by atoms with van der Waals surface area (Å²) >= 11 is 0. The Morgan fingerprint density at radius 2 is 1.84 bits per heavy atom. The van der Waals surface area contributed by atoms with Crippen molar-refractivity contribution in [3.8, 4) is 0 Å². The van der Waals surface area contributed by atoms with Gasteiger partial charge in [-0.25, -0.2) is 0 Å². The maximum atomic E-state index is 12.4. The summed E-state index contributed by atoms with van der Waals surface area (Å²) in [6.07, 6.45) is 7.25. The summed E-state index contributed by atoms with van der Waals surface area (Å²) in [7, 11) is 0. The predicted octanol–water partition coefficient (Wildman–Crippen LogP) is 3.08. The van der Waals surface area contributed by atoms with Gasteiger partial charge in [-0.05, 0) is 31.1 Å². The highest BCUT2D eigenvalue weighted by atomic mass is 16.2. The Hall–Kier alpha value is -0.570. The molecule has 0 aromatic rings. The van der Waals surface area contributed by atoms with Gasteiger partial charge >= 0.3 is 0 Å². The molecule has 3 nitrogen and oxygen atoms in total. The van der Waals surface area contributed by atoms with E-state index in [1.165, 1.54) is 32.1 Å². The maximum absolute atomic E-state index is 12.4. The number of hydrogen-bond acceptors (Lipinski definition) is 2. The zero-order valence-corrected chi connectivity index (χ0v) is 13.2. The van der Waals surface area contributed by atoms with Crippen molar-refractivity contribution < 1.29 is 4.79 Å². The maximum Gasteiger partial charge on any atom is 0.225 e. The molecule has 1 saturated carbocycles. The van der Waals surface area contributed by atoms with Crippen LogP contribution in [0.3, 0.4) is 0 Å². The molecule has 3 N–H and O–H groups in total. The van der Waals surface area contributed by atoms with Crippen molar-refractivity contribution in [3.63, 3.8) is 0 Å². The van der Waals surface area contributed by atoms with E-state index in [0.29, 0.717) is 18.4 Å². The number of nitrogens with one attached hydrogen (secondary N) is 1. The molecule has 1 rings (SSSR count). The Bertz CT molecular complexity index is 280. The molecule has 0 bridgehead atoms. The molecule has 1 unspecified atom stereocenters. The predicted molar refractivity (Wildman–Crippen MR) is 80.8 cm³/mol. The Balaban J connectivity index is 2.56. The number of carbonyl (C=O) groups excluding carboxylic acids is 1. The fraction of sp³-hybridized carbons (Fsp3) is 0.938. The molecule has 19 heavy (non-hydrogen) atoms. The first kappa shape index (κ1) is 16.5. The fourth-order valence-electron chi connectivity index (χ4n) is 3.38. The van der Waals surface area contributed by atoms with Crippen LogP contribution in [0.1, 0.15) is 66.2 Å². The minimum Gasteiger partial charge on any atom is -0.351 e. The van der Waals surface area contributed by atoms with E-state index in [4.69, 9.17) is 5.73 Å². The van der Waals surface area contributed by atoms with Crippen LogP contribution >= 0.6 is 0 Å². The first-order chi connectivity index (χ1) is 8.86. The molecule has 3 heteroatoms. The molecule has 0 saturated heterocycles. The standard InChI is InChI=1S/C16H32N2O/c1-12(2)10-16(3,4)15(19)18-14(11-17)13-8-6-5-7-9-13/h12-14H,5-11,17H2,1-4H3,(H,18,19). The average Bonchev–Trinajstić information content (AvgIpc) is 2.35. The summed E-state index contributed by atoms with van der Waals surface area (Å²) in [5.41, 5.74) is 5.59. The SMILES string of the molecule is CC(C)CC(C)(C)C(=O)NC(CN)C1CCCCC1. The number of hydrogen-bond donors (Lipinski definition) is 2. The van der Waals surface area contributed by atoms with E-state index in [2.05, 4.69) is 19.2 Å². The van der Waals surface area contributed by atoms with Gasteiger partial charge in [-0.2, -0.15) is 0 Å². The largest absolute Gasteiger partial charge is 0.351 e. The third kappa shape index (κ3) is 5.13. The second-order valence-electron chi connectivity index (χ2n) is 7.20. The van der Waals surface area contributed by atoms with Gasteiger partial charge in [-0.3, -0.25) is 4.79 Å². The van der Waals surface area contributed by atoms with Gasteiger partial charge in [0.25, 0.3) is 0 Å². The van der Waals surface area contributed by atoms with Crippen LogP contribution in [0, 0.1) is 17.3 Å². The molecule has 1 atom stereocenters. The molecular formula is C16H32N2O. The molecule has 1 fully saturated rings. The molecule has 0 aliphatic heterocycles. The smallest absolute Gasteiger partial charge is 0.225 e. The molecule has 0 heterocycles. The second-order valence-corrected chi connectivity index (χ2v) is 7.20. The Kier molecular flexibility index (Phi) is 6.31. The first-order valence-corrected chi connectivity index (χ1v) is 7.88. The second kappa shape index (κ2) is 7.28. The van der Waals surface area contributed by atoms with Crippen LogP contribution in [0.2, 0.25) is 0 Å². The molecule has 0 radical (unpaired) electrons. The van der Waals surface area contributed by atoms with Crippen molar-refractivity contribution in [1.82, 2.24) is 5.32 Å². The molecule has 0 spiro atoms. The van der Waals surface area contributed by atoms with Crippen LogP contribution in [0.4, 0.5) is 0 Å². The summed E-state index contributed by atoms with van der Waals surface area (Å²) in [4.78, 5) is 12.4. The van der Waals surface area contributed by atoms with Crippen LogP contribution in [0.5, 0.6) is 0 Å². The van der Waals surface area contributed by atoms with Crippen molar-refractivity contribution in [1.29, 1.82) is 0 Å². The third-order valence-corrected chi connectivity index (χ3v) is 4.32. The number of rotatable bonds is 6. The Labute approximate surface area is 118 Å². The molecule has 1 amide bonds. The van der Waals surface area contributed by atoms with Gasteiger partial charge in [-0.15, -0.1) is 0 Å². The van der Waals surface area contributed by atoms with E-state index < -0.39 is 0 Å². The van der Waals surface area contributed by atoms with Gasteiger partial charge < -0.3 is 11.1 Å². The highest BCUT2D eigenvalue weighted by Gasteiger charge is 2.32. The summed E-state index contributed by atoms with van der Waals surface area (Å²) in [5.74, 6) is 1.28. The summed E-state index contributed by atoms with van der Waals surface area (Å²) in [6.45, 7) is 8.97. The molecule has 1 aliphatic rings. The van der Waals surface area contributed by atoms with E-state index >= 15 is 0 Å². The lowest BCUT2D eigenvalue weighted by Crippen LogP contribution is -2.50. The van der Waals surface area contributed by atoms with Gasteiger partial charge in [0.1, 0.15) is 0 Å². The lowest BCUT2D eigenvalue weighted by atomic mass is 9.81. The van der Waals surface area contributed by atoms with Crippen molar-refractivity contribution in [2.45, 2.75) is 72.3 Å².